The molecule has 21 heavy (non-hydrogen) atoms. The molecule has 4 nitrogen and oxygen atoms in total. The van der Waals surface area contributed by atoms with E-state index in [4.69, 9.17) is 5.73 Å². The summed E-state index contributed by atoms with van der Waals surface area (Å²) in [5.41, 5.74) is 8.32. The maximum absolute atomic E-state index is 12.0. The second-order valence-electron chi connectivity index (χ2n) is 4.97. The Hall–Kier alpha value is -1.85. The lowest BCUT2D eigenvalue weighted by atomic mass is 10.2. The minimum atomic E-state index is -0.0322. The zero-order chi connectivity index (χ0) is 15.2. The van der Waals surface area contributed by atoms with Crippen LogP contribution in [0.2, 0.25) is 0 Å². The van der Waals surface area contributed by atoms with E-state index in [2.05, 4.69) is 21.2 Å². The number of carbonyl (C=O) groups excluding carboxylic acids is 1. The summed E-state index contributed by atoms with van der Waals surface area (Å²) >= 11 is 3.36. The number of carbonyl (C=O) groups is 1. The standard InChI is InChI=1S/C16H18BrN3O/c1-20(10-12-2-6-14(18)7-3-12)11-16(21)19-15-8-4-13(17)5-9-15/h2-9H,10-11,18H2,1H3,(H,19,21). The van der Waals surface area contributed by atoms with Gasteiger partial charge in [0.25, 0.3) is 0 Å². The van der Waals surface area contributed by atoms with Crippen molar-refractivity contribution in [2.24, 2.45) is 0 Å². The molecule has 0 aliphatic rings. The first kappa shape index (κ1) is 15.5. The summed E-state index contributed by atoms with van der Waals surface area (Å²) in [6.45, 7) is 1.04. The number of nitrogens with one attached hydrogen (secondary N) is 1. The number of hydrogen-bond acceptors (Lipinski definition) is 3. The minimum absolute atomic E-state index is 0.0322. The SMILES string of the molecule is CN(CC(=O)Nc1ccc(Br)cc1)Cc1ccc(N)cc1. The van der Waals surface area contributed by atoms with Crippen LogP contribution in [0.15, 0.2) is 53.0 Å². The summed E-state index contributed by atoms with van der Waals surface area (Å²) in [6, 6.07) is 15.2. The lowest BCUT2D eigenvalue weighted by molar-refractivity contribution is -0.117. The van der Waals surface area contributed by atoms with Gasteiger partial charge in [-0.25, -0.2) is 0 Å². The number of benzene rings is 2. The fourth-order valence-corrected chi connectivity index (χ4v) is 2.23. The van der Waals surface area contributed by atoms with Crippen LogP contribution in [-0.4, -0.2) is 24.4 Å². The monoisotopic (exact) mass is 347 g/mol. The van der Waals surface area contributed by atoms with Crippen LogP contribution in [0.5, 0.6) is 0 Å². The molecule has 110 valence electrons. The summed E-state index contributed by atoms with van der Waals surface area (Å²) in [7, 11) is 1.91. The zero-order valence-corrected chi connectivity index (χ0v) is 13.4. The largest absolute Gasteiger partial charge is 0.399 e. The van der Waals surface area contributed by atoms with Crippen LogP contribution in [0.1, 0.15) is 5.56 Å². The van der Waals surface area contributed by atoms with Crippen LogP contribution >= 0.6 is 15.9 Å². The summed E-state index contributed by atoms with van der Waals surface area (Å²) in [5.74, 6) is -0.0322. The van der Waals surface area contributed by atoms with Gasteiger partial charge in [-0.2, -0.15) is 0 Å². The van der Waals surface area contributed by atoms with E-state index in [0.717, 1.165) is 21.4 Å². The minimum Gasteiger partial charge on any atom is -0.399 e. The smallest absolute Gasteiger partial charge is 0.238 e. The number of nitrogens with zero attached hydrogens (tertiary/aromatic N) is 1. The average Bonchev–Trinajstić information content (AvgIpc) is 2.44. The highest BCUT2D eigenvalue weighted by Crippen LogP contribution is 2.14. The van der Waals surface area contributed by atoms with Crippen LogP contribution in [0.25, 0.3) is 0 Å². The van der Waals surface area contributed by atoms with E-state index >= 15 is 0 Å². The highest BCUT2D eigenvalue weighted by Gasteiger charge is 2.07. The highest BCUT2D eigenvalue weighted by atomic mass is 79.9. The van der Waals surface area contributed by atoms with Crippen LogP contribution in [-0.2, 0) is 11.3 Å². The van der Waals surface area contributed by atoms with Crippen LogP contribution < -0.4 is 11.1 Å². The average molecular weight is 348 g/mol. The number of amides is 1. The molecule has 0 heterocycles. The molecule has 0 spiro atoms. The third kappa shape index (κ3) is 5.21. The number of rotatable bonds is 5. The molecule has 0 bridgehead atoms. The summed E-state index contributed by atoms with van der Waals surface area (Å²) in [5, 5.41) is 2.87. The number of hydrogen-bond donors (Lipinski definition) is 2. The van der Waals surface area contributed by atoms with Crippen molar-refractivity contribution in [3.05, 3.63) is 58.6 Å². The van der Waals surface area contributed by atoms with Gasteiger partial charge in [-0.1, -0.05) is 28.1 Å². The second-order valence-corrected chi connectivity index (χ2v) is 5.88. The Morgan fingerprint density at radius 1 is 1.14 bits per heavy atom. The molecule has 0 radical (unpaired) electrons. The molecule has 0 saturated heterocycles. The zero-order valence-electron chi connectivity index (χ0n) is 11.8. The first-order valence-electron chi connectivity index (χ1n) is 6.61. The Balaban J connectivity index is 1.84. The van der Waals surface area contributed by atoms with Crippen LogP contribution in [0.3, 0.4) is 0 Å². The maximum atomic E-state index is 12.0. The third-order valence-corrected chi connectivity index (χ3v) is 3.50. The van der Waals surface area contributed by atoms with Crippen LogP contribution in [0.4, 0.5) is 11.4 Å². The predicted molar refractivity (Wildman–Crippen MR) is 90.0 cm³/mol. The van der Waals surface area contributed by atoms with Gasteiger partial charge < -0.3 is 11.1 Å². The number of nitrogens with two attached hydrogens (primary N) is 1. The van der Waals surface area contributed by atoms with Gasteiger partial charge in [0.1, 0.15) is 0 Å². The summed E-state index contributed by atoms with van der Waals surface area (Å²) in [4.78, 5) is 13.9. The van der Waals surface area contributed by atoms with Crippen molar-refractivity contribution in [3.63, 3.8) is 0 Å². The molecule has 0 atom stereocenters. The summed E-state index contributed by atoms with van der Waals surface area (Å²) < 4.78 is 0.987. The molecular formula is C16H18BrN3O. The van der Waals surface area contributed by atoms with E-state index in [-0.39, 0.29) is 5.91 Å². The topological polar surface area (TPSA) is 58.4 Å². The highest BCUT2D eigenvalue weighted by molar-refractivity contribution is 9.10. The molecule has 0 saturated carbocycles. The normalized spacial score (nSPS) is 10.6. The van der Waals surface area contributed by atoms with Crippen molar-refractivity contribution in [2.45, 2.75) is 6.54 Å². The molecule has 5 heteroatoms. The van der Waals surface area contributed by atoms with Crippen molar-refractivity contribution in [1.82, 2.24) is 4.90 Å². The molecule has 0 aliphatic heterocycles. The number of halogens is 1. The number of likely N-dealkylation sites (N-methyl/N-ethyl adjacent to an activating group) is 1. The number of nitrogen functional groups attached to an aromatic ring is 1. The fourth-order valence-electron chi connectivity index (χ4n) is 1.97. The van der Waals surface area contributed by atoms with E-state index in [1.54, 1.807) is 0 Å². The molecule has 3 N–H and O–H groups in total. The Morgan fingerprint density at radius 2 is 1.76 bits per heavy atom. The van der Waals surface area contributed by atoms with Gasteiger partial charge in [0.15, 0.2) is 0 Å². The van der Waals surface area contributed by atoms with Crippen molar-refractivity contribution in [1.29, 1.82) is 0 Å². The molecule has 2 aromatic rings. The van der Waals surface area contributed by atoms with Gasteiger partial charge in [0, 0.05) is 22.4 Å². The van der Waals surface area contributed by atoms with E-state index in [1.165, 1.54) is 0 Å². The Kier molecular flexibility index (Phi) is 5.36. The van der Waals surface area contributed by atoms with E-state index in [9.17, 15) is 4.79 Å². The third-order valence-electron chi connectivity index (χ3n) is 2.97. The first-order valence-corrected chi connectivity index (χ1v) is 7.40. The Labute approximate surface area is 133 Å². The lowest BCUT2D eigenvalue weighted by Gasteiger charge is -2.16. The second kappa shape index (κ2) is 7.24. The maximum Gasteiger partial charge on any atom is 0.238 e. The Bertz CT molecular complexity index is 596. The molecule has 0 fully saturated rings. The molecule has 0 aromatic heterocycles. The lowest BCUT2D eigenvalue weighted by Crippen LogP contribution is -2.29. The first-order chi connectivity index (χ1) is 10.0. The van der Waals surface area contributed by atoms with Gasteiger partial charge in [0.2, 0.25) is 5.91 Å². The van der Waals surface area contributed by atoms with Crippen LogP contribution in [0, 0.1) is 0 Å². The number of anilines is 2. The van der Waals surface area contributed by atoms with E-state index < -0.39 is 0 Å². The predicted octanol–water partition coefficient (Wildman–Crippen LogP) is 3.10. The fraction of sp³-hybridized carbons (Fsp3) is 0.188. The van der Waals surface area contributed by atoms with E-state index in [1.807, 2.05) is 60.5 Å². The molecule has 0 aliphatic carbocycles. The molecule has 2 rings (SSSR count). The van der Waals surface area contributed by atoms with Gasteiger partial charge in [0.05, 0.1) is 6.54 Å². The van der Waals surface area contributed by atoms with Crippen molar-refractivity contribution < 1.29 is 4.79 Å². The van der Waals surface area contributed by atoms with Gasteiger partial charge in [-0.15, -0.1) is 0 Å². The quantitative estimate of drug-likeness (QED) is 0.817. The Morgan fingerprint density at radius 3 is 2.38 bits per heavy atom. The van der Waals surface area contributed by atoms with Crippen molar-refractivity contribution in [2.75, 3.05) is 24.6 Å². The van der Waals surface area contributed by atoms with E-state index in [0.29, 0.717) is 13.1 Å². The van der Waals surface area contributed by atoms with Gasteiger partial charge >= 0.3 is 0 Å². The van der Waals surface area contributed by atoms with Crippen molar-refractivity contribution in [3.8, 4) is 0 Å². The molecular weight excluding hydrogens is 330 g/mol. The molecule has 2 aromatic carbocycles. The van der Waals surface area contributed by atoms with Gasteiger partial charge in [-0.05, 0) is 49.0 Å². The molecule has 0 unspecified atom stereocenters. The summed E-state index contributed by atoms with van der Waals surface area (Å²) in [6.07, 6.45) is 0. The molecule has 1 amide bonds. The van der Waals surface area contributed by atoms with Gasteiger partial charge in [-0.3, -0.25) is 9.69 Å². The van der Waals surface area contributed by atoms with Crippen molar-refractivity contribution >= 4 is 33.2 Å².